The number of thioether (sulfide) groups is 1. The van der Waals surface area contributed by atoms with Crippen molar-refractivity contribution in [3.05, 3.63) is 0 Å². The molecule has 94 valence electrons. The average Bonchev–Trinajstić information content (AvgIpc) is 2.11. The molecule has 0 saturated heterocycles. The van der Waals surface area contributed by atoms with Crippen molar-refractivity contribution < 1.29 is 14.7 Å². The van der Waals surface area contributed by atoms with E-state index >= 15 is 0 Å². The molecule has 0 aromatic carbocycles. The van der Waals surface area contributed by atoms with Crippen LogP contribution in [0.15, 0.2) is 0 Å². The quantitative estimate of drug-likeness (QED) is 0.673. The summed E-state index contributed by atoms with van der Waals surface area (Å²) in [5.74, 6) is 0.641. The maximum atomic E-state index is 11.4. The Labute approximate surface area is 101 Å². The lowest BCUT2D eigenvalue weighted by Gasteiger charge is -2.20. The molecule has 0 atom stereocenters. The second kappa shape index (κ2) is 6.78. The molecule has 0 radical (unpaired) electrons. The Morgan fingerprint density at radius 1 is 1.38 bits per heavy atom. The highest BCUT2D eigenvalue weighted by Crippen LogP contribution is 2.09. The number of carbonyl (C=O) groups excluding carboxylic acids is 1. The third-order valence-corrected chi connectivity index (χ3v) is 3.05. The van der Waals surface area contributed by atoms with Gasteiger partial charge >= 0.3 is 5.97 Å². The van der Waals surface area contributed by atoms with E-state index in [0.717, 1.165) is 12.2 Å². The smallest absolute Gasteiger partial charge is 0.328 e. The van der Waals surface area contributed by atoms with Crippen LogP contribution in [0.3, 0.4) is 0 Å². The minimum absolute atomic E-state index is 0.221. The van der Waals surface area contributed by atoms with Gasteiger partial charge in [0.05, 0.1) is 5.75 Å². The van der Waals surface area contributed by atoms with E-state index in [0.29, 0.717) is 11.7 Å². The van der Waals surface area contributed by atoms with Crippen LogP contribution in [-0.4, -0.2) is 34.0 Å². The normalized spacial score (nSPS) is 11.6. The molecule has 0 fully saturated rings. The molecular weight excluding hydrogens is 226 g/mol. The summed E-state index contributed by atoms with van der Waals surface area (Å²) in [6.45, 7) is 7.22. The second-order valence-electron chi connectivity index (χ2n) is 4.71. The Hall–Kier alpha value is -0.710. The lowest BCUT2D eigenvalue weighted by Crippen LogP contribution is -2.50. The van der Waals surface area contributed by atoms with Gasteiger partial charge in [-0.05, 0) is 31.9 Å². The highest BCUT2D eigenvalue weighted by Gasteiger charge is 2.28. The average molecular weight is 247 g/mol. The SMILES string of the molecule is CC(C)CCSCC(=O)NC(C)(C)C(=O)O. The van der Waals surface area contributed by atoms with Crippen molar-refractivity contribution in [3.63, 3.8) is 0 Å². The van der Waals surface area contributed by atoms with Crippen molar-refractivity contribution >= 4 is 23.6 Å². The molecule has 0 unspecified atom stereocenters. The van der Waals surface area contributed by atoms with Gasteiger partial charge in [-0.25, -0.2) is 4.79 Å². The van der Waals surface area contributed by atoms with Crippen LogP contribution in [0.4, 0.5) is 0 Å². The van der Waals surface area contributed by atoms with Gasteiger partial charge in [0.2, 0.25) is 5.91 Å². The molecule has 4 nitrogen and oxygen atoms in total. The van der Waals surface area contributed by atoms with Gasteiger partial charge in [0.15, 0.2) is 0 Å². The highest BCUT2D eigenvalue weighted by atomic mass is 32.2. The lowest BCUT2D eigenvalue weighted by molar-refractivity contribution is -0.145. The molecular formula is C11H21NO3S. The van der Waals surface area contributed by atoms with Crippen LogP contribution in [0, 0.1) is 5.92 Å². The van der Waals surface area contributed by atoms with E-state index in [2.05, 4.69) is 19.2 Å². The Kier molecular flexibility index (Phi) is 6.48. The summed E-state index contributed by atoms with van der Waals surface area (Å²) >= 11 is 1.54. The molecule has 0 aliphatic rings. The molecule has 0 saturated carbocycles. The minimum atomic E-state index is -1.18. The molecule has 0 aromatic heterocycles. The van der Waals surface area contributed by atoms with Gasteiger partial charge in [0.1, 0.15) is 5.54 Å². The Bertz CT molecular complexity index is 252. The van der Waals surface area contributed by atoms with Gasteiger partial charge in [-0.2, -0.15) is 11.8 Å². The molecule has 0 rings (SSSR count). The fourth-order valence-electron chi connectivity index (χ4n) is 0.922. The van der Waals surface area contributed by atoms with E-state index in [1.54, 1.807) is 0 Å². The first-order chi connectivity index (χ1) is 7.25. The number of rotatable bonds is 7. The van der Waals surface area contributed by atoms with E-state index in [9.17, 15) is 9.59 Å². The van der Waals surface area contributed by atoms with Gasteiger partial charge in [0, 0.05) is 0 Å². The molecule has 0 bridgehead atoms. The van der Waals surface area contributed by atoms with Gasteiger partial charge in [-0.15, -0.1) is 0 Å². The first-order valence-corrected chi connectivity index (χ1v) is 6.53. The monoisotopic (exact) mass is 247 g/mol. The predicted octanol–water partition coefficient (Wildman–Crippen LogP) is 1.75. The number of amides is 1. The fraction of sp³-hybridized carbons (Fsp3) is 0.818. The maximum Gasteiger partial charge on any atom is 0.328 e. The third-order valence-electron chi connectivity index (χ3n) is 2.06. The van der Waals surface area contributed by atoms with Crippen LogP contribution >= 0.6 is 11.8 Å². The summed E-state index contributed by atoms with van der Waals surface area (Å²) in [5, 5.41) is 11.3. The zero-order chi connectivity index (χ0) is 12.8. The minimum Gasteiger partial charge on any atom is -0.480 e. The number of carbonyl (C=O) groups is 2. The zero-order valence-electron chi connectivity index (χ0n) is 10.4. The molecule has 0 spiro atoms. The van der Waals surface area contributed by atoms with E-state index in [-0.39, 0.29) is 5.91 Å². The van der Waals surface area contributed by atoms with Crippen LogP contribution in [-0.2, 0) is 9.59 Å². The number of hydrogen-bond acceptors (Lipinski definition) is 3. The lowest BCUT2D eigenvalue weighted by atomic mass is 10.1. The van der Waals surface area contributed by atoms with Gasteiger partial charge < -0.3 is 10.4 Å². The van der Waals surface area contributed by atoms with Gasteiger partial charge in [-0.1, -0.05) is 13.8 Å². The van der Waals surface area contributed by atoms with E-state index in [4.69, 9.17) is 5.11 Å². The van der Waals surface area contributed by atoms with Crippen molar-refractivity contribution in [2.75, 3.05) is 11.5 Å². The van der Waals surface area contributed by atoms with E-state index < -0.39 is 11.5 Å². The molecule has 2 N–H and O–H groups in total. The largest absolute Gasteiger partial charge is 0.480 e. The molecule has 0 aromatic rings. The molecule has 0 aliphatic heterocycles. The molecule has 1 amide bonds. The van der Waals surface area contributed by atoms with Gasteiger partial charge in [-0.3, -0.25) is 4.79 Å². The summed E-state index contributed by atoms with van der Waals surface area (Å²) in [6.07, 6.45) is 1.07. The van der Waals surface area contributed by atoms with Crippen LogP contribution in [0.1, 0.15) is 34.1 Å². The molecule has 5 heteroatoms. The first-order valence-electron chi connectivity index (χ1n) is 5.38. The van der Waals surface area contributed by atoms with Crippen LogP contribution in [0.25, 0.3) is 0 Å². The van der Waals surface area contributed by atoms with E-state index in [1.807, 2.05) is 0 Å². The number of nitrogens with one attached hydrogen (secondary N) is 1. The standard InChI is InChI=1S/C11H21NO3S/c1-8(2)5-6-16-7-9(13)12-11(3,4)10(14)15/h8H,5-7H2,1-4H3,(H,12,13)(H,14,15). The van der Waals surface area contributed by atoms with E-state index in [1.165, 1.54) is 25.6 Å². The summed E-state index contributed by atoms with van der Waals surface area (Å²) in [6, 6.07) is 0. The predicted molar refractivity (Wildman–Crippen MR) is 66.6 cm³/mol. The number of aliphatic carboxylic acids is 1. The highest BCUT2D eigenvalue weighted by molar-refractivity contribution is 7.99. The van der Waals surface area contributed by atoms with Gasteiger partial charge in [0.25, 0.3) is 0 Å². The van der Waals surface area contributed by atoms with Crippen LogP contribution in [0.5, 0.6) is 0 Å². The van der Waals surface area contributed by atoms with Crippen molar-refractivity contribution in [1.82, 2.24) is 5.32 Å². The van der Waals surface area contributed by atoms with Crippen molar-refractivity contribution in [2.45, 2.75) is 39.7 Å². The topological polar surface area (TPSA) is 66.4 Å². The molecule has 0 heterocycles. The summed E-state index contributed by atoms with van der Waals surface area (Å²) in [7, 11) is 0. The summed E-state index contributed by atoms with van der Waals surface area (Å²) in [5.41, 5.74) is -1.18. The third kappa shape index (κ3) is 6.71. The fourth-order valence-corrected chi connectivity index (χ4v) is 1.96. The molecule has 0 aliphatic carbocycles. The first kappa shape index (κ1) is 15.3. The van der Waals surface area contributed by atoms with Crippen molar-refractivity contribution in [3.8, 4) is 0 Å². The second-order valence-corrected chi connectivity index (χ2v) is 5.82. The van der Waals surface area contributed by atoms with Crippen molar-refractivity contribution in [1.29, 1.82) is 0 Å². The van der Waals surface area contributed by atoms with Crippen LogP contribution < -0.4 is 5.32 Å². The number of carboxylic acid groups (broad SMARTS) is 1. The Balaban J connectivity index is 3.79. The molecule has 16 heavy (non-hydrogen) atoms. The van der Waals surface area contributed by atoms with Crippen molar-refractivity contribution in [2.24, 2.45) is 5.92 Å². The number of hydrogen-bond donors (Lipinski definition) is 2. The number of carboxylic acids is 1. The summed E-state index contributed by atoms with van der Waals surface area (Å²) in [4.78, 5) is 22.2. The Morgan fingerprint density at radius 2 is 1.94 bits per heavy atom. The summed E-state index contributed by atoms with van der Waals surface area (Å²) < 4.78 is 0. The Morgan fingerprint density at radius 3 is 2.38 bits per heavy atom. The zero-order valence-corrected chi connectivity index (χ0v) is 11.2. The van der Waals surface area contributed by atoms with Crippen LogP contribution in [0.2, 0.25) is 0 Å². The maximum absolute atomic E-state index is 11.4.